The molecular weight excluding hydrogens is 303 g/mol. The molecule has 0 aliphatic heterocycles. The molecule has 1 aliphatic carbocycles. The summed E-state index contributed by atoms with van der Waals surface area (Å²) in [4.78, 5) is 24.4. The fourth-order valence-electron chi connectivity index (χ4n) is 2.32. The highest BCUT2D eigenvalue weighted by molar-refractivity contribution is 5.87. The predicted molar refractivity (Wildman–Crippen MR) is 84.2 cm³/mol. The summed E-state index contributed by atoms with van der Waals surface area (Å²) in [6.07, 6.45) is 4.97. The van der Waals surface area contributed by atoms with Crippen molar-refractivity contribution in [3.63, 3.8) is 0 Å². The lowest BCUT2D eigenvalue weighted by atomic mass is 10.2. The Morgan fingerprint density at radius 2 is 1.85 bits per heavy atom. The van der Waals surface area contributed by atoms with Crippen LogP contribution in [0.15, 0.2) is 0 Å². The van der Waals surface area contributed by atoms with Crippen molar-refractivity contribution in [1.29, 1.82) is 0 Å². The molecule has 0 aromatic carbocycles. The van der Waals surface area contributed by atoms with Crippen LogP contribution in [-0.4, -0.2) is 48.9 Å². The van der Waals surface area contributed by atoms with Crippen LogP contribution in [0.3, 0.4) is 0 Å². The second-order valence-corrected chi connectivity index (χ2v) is 4.99. The zero-order valence-electron chi connectivity index (χ0n) is 11.8. The molecule has 0 spiro atoms. The number of hydrogen-bond donors (Lipinski definition) is 3. The first kappa shape index (κ1) is 21.7. The van der Waals surface area contributed by atoms with E-state index in [2.05, 4.69) is 17.3 Å². The normalized spacial score (nSPS) is 16.1. The zero-order valence-corrected chi connectivity index (χ0v) is 13.5. The number of hydrogen-bond acceptors (Lipinski definition) is 4. The maximum Gasteiger partial charge on any atom is 0.237 e. The molecular formula is C12H26Cl2N4O2. The van der Waals surface area contributed by atoms with Crippen molar-refractivity contribution in [2.75, 3.05) is 20.1 Å². The summed E-state index contributed by atoms with van der Waals surface area (Å²) >= 11 is 0. The molecule has 0 aromatic rings. The Bertz CT molecular complexity index is 299. The number of amides is 2. The number of nitrogens with zero attached hydrogens (tertiary/aromatic N) is 1. The number of primary amides is 1. The van der Waals surface area contributed by atoms with E-state index in [-0.39, 0.29) is 37.1 Å². The van der Waals surface area contributed by atoms with E-state index in [1.807, 2.05) is 0 Å². The molecule has 0 saturated heterocycles. The van der Waals surface area contributed by atoms with E-state index in [1.54, 1.807) is 0 Å². The average Bonchev–Trinajstić information content (AvgIpc) is 2.81. The molecule has 0 heterocycles. The van der Waals surface area contributed by atoms with Gasteiger partial charge in [-0.15, -0.1) is 24.8 Å². The maximum absolute atomic E-state index is 11.5. The average molecular weight is 329 g/mol. The van der Waals surface area contributed by atoms with Crippen LogP contribution < -0.4 is 16.8 Å². The Morgan fingerprint density at radius 1 is 1.30 bits per heavy atom. The summed E-state index contributed by atoms with van der Waals surface area (Å²) < 4.78 is 0. The molecule has 0 radical (unpaired) electrons. The highest BCUT2D eigenvalue weighted by Gasteiger charge is 2.20. The van der Waals surface area contributed by atoms with Gasteiger partial charge in [0, 0.05) is 19.1 Å². The van der Waals surface area contributed by atoms with Gasteiger partial charge < -0.3 is 21.7 Å². The molecule has 20 heavy (non-hydrogen) atoms. The summed E-state index contributed by atoms with van der Waals surface area (Å²) in [6, 6.07) is -0.194. The minimum absolute atomic E-state index is 0. The van der Waals surface area contributed by atoms with E-state index in [0.717, 1.165) is 6.54 Å². The van der Waals surface area contributed by atoms with Crippen molar-refractivity contribution in [1.82, 2.24) is 10.2 Å². The van der Waals surface area contributed by atoms with Gasteiger partial charge in [-0.25, -0.2) is 0 Å². The Balaban J connectivity index is 0. The van der Waals surface area contributed by atoms with E-state index in [9.17, 15) is 9.59 Å². The van der Waals surface area contributed by atoms with Gasteiger partial charge in [0.25, 0.3) is 0 Å². The van der Waals surface area contributed by atoms with Crippen molar-refractivity contribution in [3.8, 4) is 0 Å². The highest BCUT2D eigenvalue weighted by atomic mass is 35.5. The largest absolute Gasteiger partial charge is 0.370 e. The first-order valence-corrected chi connectivity index (χ1v) is 6.52. The van der Waals surface area contributed by atoms with Gasteiger partial charge >= 0.3 is 0 Å². The number of likely N-dealkylation sites (N-methyl/N-ethyl adjacent to an activating group) is 1. The van der Waals surface area contributed by atoms with Crippen molar-refractivity contribution in [3.05, 3.63) is 0 Å². The Labute approximate surface area is 132 Å². The second-order valence-electron chi connectivity index (χ2n) is 4.99. The fourth-order valence-corrected chi connectivity index (χ4v) is 2.32. The van der Waals surface area contributed by atoms with E-state index in [0.29, 0.717) is 12.6 Å². The smallest absolute Gasteiger partial charge is 0.237 e. The number of nitrogens with two attached hydrogens (primary N) is 2. The van der Waals surface area contributed by atoms with Crippen LogP contribution in [0.4, 0.5) is 0 Å². The molecule has 1 aliphatic rings. The first-order valence-electron chi connectivity index (χ1n) is 6.52. The Kier molecular flexibility index (Phi) is 12.1. The quantitative estimate of drug-likeness (QED) is 0.613. The van der Waals surface area contributed by atoms with Gasteiger partial charge in [0.2, 0.25) is 11.8 Å². The molecule has 2 amide bonds. The van der Waals surface area contributed by atoms with E-state index in [4.69, 9.17) is 11.5 Å². The minimum Gasteiger partial charge on any atom is -0.370 e. The summed E-state index contributed by atoms with van der Waals surface area (Å²) in [5, 5.41) is 2.73. The molecule has 1 atom stereocenters. The van der Waals surface area contributed by atoms with Crippen LogP contribution in [0.25, 0.3) is 0 Å². The zero-order chi connectivity index (χ0) is 13.5. The maximum atomic E-state index is 11.5. The molecule has 0 bridgehead atoms. The molecule has 1 saturated carbocycles. The lowest BCUT2D eigenvalue weighted by Gasteiger charge is -2.24. The third kappa shape index (κ3) is 7.89. The third-order valence-corrected chi connectivity index (χ3v) is 3.47. The van der Waals surface area contributed by atoms with Crippen molar-refractivity contribution >= 4 is 36.6 Å². The van der Waals surface area contributed by atoms with Crippen LogP contribution in [0.2, 0.25) is 0 Å². The number of carbonyl (C=O) groups is 2. The van der Waals surface area contributed by atoms with E-state index < -0.39 is 11.9 Å². The number of halogens is 2. The van der Waals surface area contributed by atoms with Crippen LogP contribution in [0.1, 0.15) is 32.1 Å². The molecule has 6 nitrogen and oxygen atoms in total. The number of carbonyl (C=O) groups excluding carboxylic acids is 2. The first-order chi connectivity index (χ1) is 8.50. The number of nitrogens with one attached hydrogen (secondary N) is 1. The number of rotatable bonds is 7. The Hall–Kier alpha value is -0.560. The third-order valence-electron chi connectivity index (χ3n) is 3.47. The van der Waals surface area contributed by atoms with Crippen molar-refractivity contribution in [2.24, 2.45) is 11.5 Å². The van der Waals surface area contributed by atoms with Gasteiger partial charge in [0.1, 0.15) is 0 Å². The minimum atomic E-state index is -0.834. The van der Waals surface area contributed by atoms with Gasteiger partial charge in [-0.3, -0.25) is 9.59 Å². The SMILES string of the molecule is CN(CCNC(=O)C(N)CC(N)=O)C1CCCC1.Cl.Cl. The van der Waals surface area contributed by atoms with Gasteiger partial charge in [-0.05, 0) is 19.9 Å². The van der Waals surface area contributed by atoms with Crippen LogP contribution >= 0.6 is 24.8 Å². The van der Waals surface area contributed by atoms with E-state index >= 15 is 0 Å². The topological polar surface area (TPSA) is 101 Å². The molecule has 0 aromatic heterocycles. The summed E-state index contributed by atoms with van der Waals surface area (Å²) in [6.45, 7) is 1.36. The van der Waals surface area contributed by atoms with Gasteiger partial charge in [0.15, 0.2) is 0 Å². The molecule has 1 fully saturated rings. The molecule has 1 unspecified atom stereocenters. The second kappa shape index (κ2) is 11.1. The van der Waals surface area contributed by atoms with Crippen LogP contribution in [-0.2, 0) is 9.59 Å². The van der Waals surface area contributed by atoms with Crippen LogP contribution in [0, 0.1) is 0 Å². The van der Waals surface area contributed by atoms with Crippen molar-refractivity contribution < 1.29 is 9.59 Å². The standard InChI is InChI=1S/C12H24N4O2.2ClH/c1-16(9-4-2-3-5-9)7-6-15-12(18)10(13)8-11(14)17;;/h9-10H,2-8,13H2,1H3,(H2,14,17)(H,15,18);2*1H. The Morgan fingerprint density at radius 3 is 2.35 bits per heavy atom. The monoisotopic (exact) mass is 328 g/mol. The summed E-state index contributed by atoms with van der Waals surface area (Å²) in [5.41, 5.74) is 10.5. The van der Waals surface area contributed by atoms with Crippen LogP contribution in [0.5, 0.6) is 0 Å². The predicted octanol–water partition coefficient (Wildman–Crippen LogP) is 0.0233. The fraction of sp³-hybridized carbons (Fsp3) is 0.833. The summed E-state index contributed by atoms with van der Waals surface area (Å²) in [7, 11) is 2.07. The lowest BCUT2D eigenvalue weighted by Crippen LogP contribution is -2.45. The van der Waals surface area contributed by atoms with Gasteiger partial charge in [-0.1, -0.05) is 12.8 Å². The van der Waals surface area contributed by atoms with Crippen molar-refractivity contribution in [2.45, 2.75) is 44.2 Å². The highest BCUT2D eigenvalue weighted by Crippen LogP contribution is 2.21. The summed E-state index contributed by atoms with van der Waals surface area (Å²) in [5.74, 6) is -0.866. The van der Waals surface area contributed by atoms with Gasteiger partial charge in [-0.2, -0.15) is 0 Å². The molecule has 8 heteroatoms. The van der Waals surface area contributed by atoms with Gasteiger partial charge in [0.05, 0.1) is 12.5 Å². The molecule has 1 rings (SSSR count). The van der Waals surface area contributed by atoms with E-state index in [1.165, 1.54) is 25.7 Å². The lowest BCUT2D eigenvalue weighted by molar-refractivity contribution is -0.126. The molecule has 5 N–H and O–H groups in total. The molecule has 120 valence electrons.